The molecule has 0 saturated heterocycles. The molecule has 1 aromatic rings. The molecule has 4 nitrogen and oxygen atoms in total. The lowest BCUT2D eigenvalue weighted by molar-refractivity contribution is 0.150. The Kier molecular flexibility index (Phi) is 3.55. The van der Waals surface area contributed by atoms with Gasteiger partial charge in [0.1, 0.15) is 0 Å². The first kappa shape index (κ1) is 12.5. The van der Waals surface area contributed by atoms with Gasteiger partial charge in [-0.3, -0.25) is 0 Å². The van der Waals surface area contributed by atoms with Gasteiger partial charge in [-0.05, 0) is 29.7 Å². The molecule has 4 heteroatoms. The summed E-state index contributed by atoms with van der Waals surface area (Å²) >= 11 is 0. The van der Waals surface area contributed by atoms with Crippen LogP contribution in [-0.2, 0) is 0 Å². The fourth-order valence-electron chi connectivity index (χ4n) is 2.09. The summed E-state index contributed by atoms with van der Waals surface area (Å²) in [5.41, 5.74) is 3.58. The van der Waals surface area contributed by atoms with Crippen LogP contribution in [0.1, 0.15) is 12.0 Å². The van der Waals surface area contributed by atoms with Crippen LogP contribution in [0.3, 0.4) is 0 Å². The van der Waals surface area contributed by atoms with Crippen LogP contribution >= 0.6 is 0 Å². The molecule has 0 aromatic heterocycles. The van der Waals surface area contributed by atoms with E-state index in [0.717, 1.165) is 12.1 Å². The van der Waals surface area contributed by atoms with Crippen molar-refractivity contribution in [2.45, 2.75) is 6.42 Å². The average Bonchev–Trinajstić information content (AvgIpc) is 2.39. The SMILES string of the molecule is CN(C)c1cccc(C2=CCN(C(=O)O)CC2)c1. The van der Waals surface area contributed by atoms with Crippen molar-refractivity contribution in [3.63, 3.8) is 0 Å². The molecular formula is C14H18N2O2. The van der Waals surface area contributed by atoms with E-state index in [0.29, 0.717) is 13.1 Å². The number of anilines is 1. The normalized spacial score (nSPS) is 15.2. The zero-order valence-electron chi connectivity index (χ0n) is 10.8. The Morgan fingerprint density at radius 1 is 1.39 bits per heavy atom. The van der Waals surface area contributed by atoms with Crippen LogP contribution in [0, 0.1) is 0 Å². The number of amides is 1. The van der Waals surface area contributed by atoms with Crippen molar-refractivity contribution in [3.05, 3.63) is 35.9 Å². The topological polar surface area (TPSA) is 43.8 Å². The summed E-state index contributed by atoms with van der Waals surface area (Å²) in [4.78, 5) is 14.3. The van der Waals surface area contributed by atoms with E-state index in [9.17, 15) is 4.79 Å². The number of carbonyl (C=O) groups is 1. The van der Waals surface area contributed by atoms with E-state index in [2.05, 4.69) is 23.1 Å². The van der Waals surface area contributed by atoms with E-state index < -0.39 is 6.09 Å². The minimum Gasteiger partial charge on any atom is -0.465 e. The molecule has 0 bridgehead atoms. The smallest absolute Gasteiger partial charge is 0.407 e. The summed E-state index contributed by atoms with van der Waals surface area (Å²) in [7, 11) is 4.03. The molecule has 1 aliphatic rings. The number of nitrogens with zero attached hydrogens (tertiary/aromatic N) is 2. The lowest BCUT2D eigenvalue weighted by Gasteiger charge is -2.24. The Labute approximate surface area is 107 Å². The summed E-state index contributed by atoms with van der Waals surface area (Å²) in [5, 5.41) is 8.90. The molecule has 0 spiro atoms. The zero-order valence-corrected chi connectivity index (χ0v) is 10.8. The van der Waals surface area contributed by atoms with Gasteiger partial charge in [0.15, 0.2) is 0 Å². The second-order valence-corrected chi connectivity index (χ2v) is 4.65. The lowest BCUT2D eigenvalue weighted by atomic mass is 9.99. The van der Waals surface area contributed by atoms with E-state index in [4.69, 9.17) is 5.11 Å². The Morgan fingerprint density at radius 2 is 2.17 bits per heavy atom. The van der Waals surface area contributed by atoms with E-state index >= 15 is 0 Å². The minimum absolute atomic E-state index is 0.483. The molecule has 1 aromatic carbocycles. The van der Waals surface area contributed by atoms with Gasteiger partial charge in [-0.2, -0.15) is 0 Å². The monoisotopic (exact) mass is 246 g/mol. The van der Waals surface area contributed by atoms with Gasteiger partial charge >= 0.3 is 6.09 Å². The van der Waals surface area contributed by atoms with Gasteiger partial charge < -0.3 is 14.9 Å². The van der Waals surface area contributed by atoms with Gasteiger partial charge in [-0.15, -0.1) is 0 Å². The standard InChI is InChI=1S/C14H18N2O2/c1-15(2)13-5-3-4-12(10-13)11-6-8-16(9-7-11)14(17)18/h3-6,10H,7-9H2,1-2H3,(H,17,18). The van der Waals surface area contributed by atoms with Gasteiger partial charge in [0.2, 0.25) is 0 Å². The van der Waals surface area contributed by atoms with Crippen molar-refractivity contribution in [1.29, 1.82) is 0 Å². The Bertz CT molecular complexity index is 480. The van der Waals surface area contributed by atoms with Gasteiger partial charge in [0.05, 0.1) is 0 Å². The summed E-state index contributed by atoms with van der Waals surface area (Å²) < 4.78 is 0. The quantitative estimate of drug-likeness (QED) is 0.872. The van der Waals surface area contributed by atoms with E-state index in [-0.39, 0.29) is 0 Å². The Hall–Kier alpha value is -1.97. The van der Waals surface area contributed by atoms with Gasteiger partial charge in [-0.1, -0.05) is 18.2 Å². The first-order chi connectivity index (χ1) is 8.58. The maximum atomic E-state index is 10.8. The van der Waals surface area contributed by atoms with Crippen LogP contribution in [-0.4, -0.2) is 43.3 Å². The van der Waals surface area contributed by atoms with Crippen LogP contribution in [0.25, 0.3) is 5.57 Å². The van der Waals surface area contributed by atoms with E-state index in [1.54, 1.807) is 0 Å². The van der Waals surface area contributed by atoms with Crippen molar-refractivity contribution >= 4 is 17.4 Å². The van der Waals surface area contributed by atoms with Crippen LogP contribution in [0.15, 0.2) is 30.3 Å². The molecule has 96 valence electrons. The molecule has 1 amide bonds. The second kappa shape index (κ2) is 5.12. The van der Waals surface area contributed by atoms with Crippen LogP contribution in [0.2, 0.25) is 0 Å². The number of rotatable bonds is 2. The van der Waals surface area contributed by atoms with Crippen LogP contribution in [0.4, 0.5) is 10.5 Å². The molecule has 0 saturated carbocycles. The van der Waals surface area contributed by atoms with E-state index in [1.807, 2.05) is 26.2 Å². The highest BCUT2D eigenvalue weighted by atomic mass is 16.4. The first-order valence-corrected chi connectivity index (χ1v) is 6.02. The maximum absolute atomic E-state index is 10.8. The number of carboxylic acid groups (broad SMARTS) is 1. The zero-order chi connectivity index (χ0) is 13.1. The highest BCUT2D eigenvalue weighted by Crippen LogP contribution is 2.25. The van der Waals surface area contributed by atoms with Crippen molar-refractivity contribution in [1.82, 2.24) is 4.90 Å². The largest absolute Gasteiger partial charge is 0.465 e. The van der Waals surface area contributed by atoms with Crippen molar-refractivity contribution in [2.75, 3.05) is 32.1 Å². The molecule has 18 heavy (non-hydrogen) atoms. The molecule has 0 radical (unpaired) electrons. The summed E-state index contributed by atoms with van der Waals surface area (Å²) in [6.45, 7) is 1.06. The molecule has 2 rings (SSSR count). The molecule has 1 aliphatic heterocycles. The average molecular weight is 246 g/mol. The molecule has 0 atom stereocenters. The highest BCUT2D eigenvalue weighted by Gasteiger charge is 2.16. The van der Waals surface area contributed by atoms with Gasteiger partial charge in [-0.25, -0.2) is 4.79 Å². The third kappa shape index (κ3) is 2.64. The Morgan fingerprint density at radius 3 is 2.72 bits per heavy atom. The highest BCUT2D eigenvalue weighted by molar-refractivity contribution is 5.72. The first-order valence-electron chi connectivity index (χ1n) is 6.02. The summed E-state index contributed by atoms with van der Waals surface area (Å²) in [5.74, 6) is 0. The lowest BCUT2D eigenvalue weighted by Crippen LogP contribution is -2.33. The molecule has 0 fully saturated rings. The molecule has 0 aliphatic carbocycles. The molecule has 1 N–H and O–H groups in total. The number of hydrogen-bond acceptors (Lipinski definition) is 2. The predicted molar refractivity (Wildman–Crippen MR) is 73.0 cm³/mol. The van der Waals surface area contributed by atoms with Gasteiger partial charge in [0.25, 0.3) is 0 Å². The summed E-state index contributed by atoms with van der Waals surface area (Å²) in [6.07, 6.45) is 1.95. The number of benzene rings is 1. The number of hydrogen-bond donors (Lipinski definition) is 1. The maximum Gasteiger partial charge on any atom is 0.407 e. The van der Waals surface area contributed by atoms with Crippen LogP contribution in [0.5, 0.6) is 0 Å². The van der Waals surface area contributed by atoms with Crippen LogP contribution < -0.4 is 4.90 Å². The van der Waals surface area contributed by atoms with Crippen molar-refractivity contribution < 1.29 is 9.90 Å². The fourth-order valence-corrected chi connectivity index (χ4v) is 2.09. The van der Waals surface area contributed by atoms with Crippen molar-refractivity contribution in [2.24, 2.45) is 0 Å². The molecule has 0 unspecified atom stereocenters. The minimum atomic E-state index is -0.840. The predicted octanol–water partition coefficient (Wildman–Crippen LogP) is 2.52. The third-order valence-electron chi connectivity index (χ3n) is 3.21. The third-order valence-corrected chi connectivity index (χ3v) is 3.21. The summed E-state index contributed by atoms with van der Waals surface area (Å²) in [6, 6.07) is 8.32. The molecule has 1 heterocycles. The van der Waals surface area contributed by atoms with E-state index in [1.165, 1.54) is 16.0 Å². The second-order valence-electron chi connectivity index (χ2n) is 4.65. The molecular weight excluding hydrogens is 228 g/mol. The van der Waals surface area contributed by atoms with Gasteiger partial charge in [0, 0.05) is 32.9 Å². The van der Waals surface area contributed by atoms with Crippen molar-refractivity contribution in [3.8, 4) is 0 Å². The fraction of sp³-hybridized carbons (Fsp3) is 0.357. The Balaban J connectivity index is 2.18.